The van der Waals surface area contributed by atoms with Crippen molar-refractivity contribution in [2.24, 2.45) is 11.3 Å². The Bertz CT molecular complexity index is 982. The Morgan fingerprint density at radius 3 is 2.59 bits per heavy atom. The summed E-state index contributed by atoms with van der Waals surface area (Å²) in [5, 5.41) is 4.67. The molecular weight excluding hydrogens is 433 g/mol. The highest BCUT2D eigenvalue weighted by molar-refractivity contribution is 8.00. The van der Waals surface area contributed by atoms with Gasteiger partial charge in [0, 0.05) is 47.0 Å². The summed E-state index contributed by atoms with van der Waals surface area (Å²) < 4.78 is 41.6. The second-order valence-corrected chi connectivity index (χ2v) is 11.3. The fourth-order valence-corrected chi connectivity index (χ4v) is 6.96. The van der Waals surface area contributed by atoms with Gasteiger partial charge in [0.1, 0.15) is 5.82 Å². The Balaban J connectivity index is 1.40. The molecular formula is C24H31F3N4S. The van der Waals surface area contributed by atoms with Gasteiger partial charge in [-0.3, -0.25) is 4.90 Å². The van der Waals surface area contributed by atoms with Crippen molar-refractivity contribution in [3.8, 4) is 11.4 Å². The van der Waals surface area contributed by atoms with E-state index in [1.165, 1.54) is 37.1 Å². The van der Waals surface area contributed by atoms with Crippen molar-refractivity contribution >= 4 is 11.8 Å². The van der Waals surface area contributed by atoms with E-state index in [1.807, 2.05) is 4.68 Å². The maximum absolute atomic E-state index is 13.2. The van der Waals surface area contributed by atoms with E-state index in [2.05, 4.69) is 42.5 Å². The lowest BCUT2D eigenvalue weighted by Gasteiger charge is -2.38. The maximum atomic E-state index is 13.2. The first-order valence-corrected chi connectivity index (χ1v) is 12.8. The number of hydrogen-bond acceptors (Lipinski definition) is 4. The van der Waals surface area contributed by atoms with Crippen LogP contribution in [0.15, 0.2) is 24.3 Å². The molecule has 1 saturated carbocycles. The summed E-state index contributed by atoms with van der Waals surface area (Å²) >= 11 is 2.07. The molecule has 32 heavy (non-hydrogen) atoms. The minimum Gasteiger partial charge on any atom is -0.300 e. The van der Waals surface area contributed by atoms with Crippen LogP contribution in [-0.4, -0.2) is 50.3 Å². The number of thioether (sulfide) groups is 1. The number of rotatable bonds is 4. The monoisotopic (exact) mass is 464 g/mol. The number of benzene rings is 1. The van der Waals surface area contributed by atoms with E-state index in [0.717, 1.165) is 30.8 Å². The molecule has 4 nitrogen and oxygen atoms in total. The molecule has 5 rings (SSSR count). The van der Waals surface area contributed by atoms with Crippen molar-refractivity contribution in [3.63, 3.8) is 0 Å². The molecule has 3 heterocycles. The SMILES string of the molecule is CC1CC(N2CCC3(CSC3)C2)C[C@H]1c1nc(-c2cccc(C(F)(F)F)c2)nn1C(C)C. The summed E-state index contributed by atoms with van der Waals surface area (Å²) in [6.07, 6.45) is -0.855. The average Bonchev–Trinajstić information content (AvgIpc) is 3.43. The normalized spacial score (nSPS) is 28.0. The van der Waals surface area contributed by atoms with E-state index in [0.29, 0.717) is 28.8 Å². The lowest BCUT2D eigenvalue weighted by Crippen LogP contribution is -2.40. The third kappa shape index (κ3) is 3.98. The Labute approximate surface area is 192 Å². The van der Waals surface area contributed by atoms with Crippen molar-refractivity contribution < 1.29 is 13.2 Å². The van der Waals surface area contributed by atoms with Crippen molar-refractivity contribution in [1.82, 2.24) is 19.7 Å². The Morgan fingerprint density at radius 1 is 1.19 bits per heavy atom. The standard InChI is InChI=1S/C24H31F3N4S/c1-15(2)31-22(28-21(29-31)17-5-4-6-18(10-17)24(25,26)27)20-11-19(9-16(20)3)30-8-7-23(12-30)13-32-14-23/h4-6,10,15-16,19-20H,7-9,11-14H2,1-3H3/t16?,19?,20-/m1/s1. The third-order valence-electron chi connectivity index (χ3n) is 7.58. The number of likely N-dealkylation sites (tertiary alicyclic amines) is 1. The van der Waals surface area contributed by atoms with Gasteiger partial charge in [-0.1, -0.05) is 19.1 Å². The van der Waals surface area contributed by atoms with Gasteiger partial charge in [-0.2, -0.15) is 30.0 Å². The maximum Gasteiger partial charge on any atom is 0.416 e. The van der Waals surface area contributed by atoms with Crippen LogP contribution >= 0.6 is 11.8 Å². The molecule has 2 aliphatic heterocycles. The van der Waals surface area contributed by atoms with E-state index in [-0.39, 0.29) is 12.0 Å². The lowest BCUT2D eigenvalue weighted by molar-refractivity contribution is -0.137. The molecule has 0 N–H and O–H groups in total. The average molecular weight is 465 g/mol. The highest BCUT2D eigenvalue weighted by atomic mass is 32.2. The van der Waals surface area contributed by atoms with Gasteiger partial charge in [-0.25, -0.2) is 9.67 Å². The molecule has 0 amide bonds. The second kappa shape index (κ2) is 8.05. The van der Waals surface area contributed by atoms with Crippen LogP contribution in [0.3, 0.4) is 0 Å². The highest BCUT2D eigenvalue weighted by Crippen LogP contribution is 2.49. The molecule has 174 valence electrons. The fourth-order valence-electron chi connectivity index (χ4n) is 5.71. The molecule has 3 fully saturated rings. The van der Waals surface area contributed by atoms with Gasteiger partial charge in [-0.05, 0) is 57.7 Å². The zero-order chi connectivity index (χ0) is 22.7. The largest absolute Gasteiger partial charge is 0.416 e. The molecule has 3 atom stereocenters. The van der Waals surface area contributed by atoms with Gasteiger partial charge in [0.05, 0.1) is 5.56 Å². The topological polar surface area (TPSA) is 34.0 Å². The van der Waals surface area contributed by atoms with Crippen LogP contribution in [0, 0.1) is 11.3 Å². The predicted molar refractivity (Wildman–Crippen MR) is 122 cm³/mol. The van der Waals surface area contributed by atoms with Crippen LogP contribution in [0.4, 0.5) is 13.2 Å². The number of aromatic nitrogens is 3. The van der Waals surface area contributed by atoms with Crippen LogP contribution in [0.5, 0.6) is 0 Å². The molecule has 2 saturated heterocycles. The number of alkyl halides is 3. The minimum atomic E-state index is -4.38. The van der Waals surface area contributed by atoms with Crippen LogP contribution in [0.1, 0.15) is 63.4 Å². The summed E-state index contributed by atoms with van der Waals surface area (Å²) in [7, 11) is 0. The van der Waals surface area contributed by atoms with Crippen LogP contribution in [-0.2, 0) is 6.18 Å². The predicted octanol–water partition coefficient (Wildman–Crippen LogP) is 5.87. The first-order chi connectivity index (χ1) is 15.2. The van der Waals surface area contributed by atoms with Crippen LogP contribution < -0.4 is 0 Å². The first-order valence-electron chi connectivity index (χ1n) is 11.6. The van der Waals surface area contributed by atoms with Gasteiger partial charge >= 0.3 is 6.18 Å². The Hall–Kier alpha value is -1.54. The lowest BCUT2D eigenvalue weighted by atomic mass is 9.91. The van der Waals surface area contributed by atoms with Gasteiger partial charge in [0.25, 0.3) is 0 Å². The van der Waals surface area contributed by atoms with E-state index in [4.69, 9.17) is 4.98 Å². The smallest absolute Gasteiger partial charge is 0.300 e. The van der Waals surface area contributed by atoms with E-state index in [1.54, 1.807) is 6.07 Å². The Kier molecular flexibility index (Phi) is 5.60. The molecule has 2 unspecified atom stereocenters. The van der Waals surface area contributed by atoms with Crippen molar-refractivity contribution in [1.29, 1.82) is 0 Å². The van der Waals surface area contributed by atoms with Gasteiger partial charge < -0.3 is 0 Å². The van der Waals surface area contributed by atoms with Crippen LogP contribution in [0.25, 0.3) is 11.4 Å². The molecule has 2 aromatic rings. The molecule has 3 aliphatic rings. The molecule has 0 radical (unpaired) electrons. The molecule has 1 spiro atoms. The van der Waals surface area contributed by atoms with Crippen molar-refractivity contribution in [2.45, 2.75) is 64.2 Å². The van der Waals surface area contributed by atoms with Gasteiger partial charge in [0.2, 0.25) is 0 Å². The van der Waals surface area contributed by atoms with Crippen molar-refractivity contribution in [2.75, 3.05) is 24.6 Å². The zero-order valence-corrected chi connectivity index (χ0v) is 19.7. The molecule has 1 aliphatic carbocycles. The minimum absolute atomic E-state index is 0.102. The summed E-state index contributed by atoms with van der Waals surface area (Å²) in [6.45, 7) is 8.82. The first kappa shape index (κ1) is 22.3. The van der Waals surface area contributed by atoms with E-state index >= 15 is 0 Å². The molecule has 0 bridgehead atoms. The molecule has 1 aromatic carbocycles. The molecule has 8 heteroatoms. The Morgan fingerprint density at radius 2 is 1.97 bits per heavy atom. The summed E-state index contributed by atoms with van der Waals surface area (Å²) in [6, 6.07) is 6.02. The number of hydrogen-bond donors (Lipinski definition) is 0. The fraction of sp³-hybridized carbons (Fsp3) is 0.667. The number of halogens is 3. The summed E-state index contributed by atoms with van der Waals surface area (Å²) in [5.74, 6) is 4.68. The van der Waals surface area contributed by atoms with Gasteiger partial charge in [0.15, 0.2) is 5.82 Å². The summed E-state index contributed by atoms with van der Waals surface area (Å²) in [5.41, 5.74) is 0.316. The highest BCUT2D eigenvalue weighted by Gasteiger charge is 2.47. The van der Waals surface area contributed by atoms with E-state index < -0.39 is 11.7 Å². The van der Waals surface area contributed by atoms with E-state index in [9.17, 15) is 13.2 Å². The van der Waals surface area contributed by atoms with Crippen LogP contribution in [0.2, 0.25) is 0 Å². The second-order valence-electron chi connectivity index (χ2n) is 10.3. The molecule has 1 aromatic heterocycles. The van der Waals surface area contributed by atoms with Crippen molar-refractivity contribution in [3.05, 3.63) is 35.7 Å². The number of nitrogens with zero attached hydrogens (tertiary/aromatic N) is 4. The summed E-state index contributed by atoms with van der Waals surface area (Å²) in [4.78, 5) is 7.53. The zero-order valence-electron chi connectivity index (χ0n) is 18.9. The van der Waals surface area contributed by atoms with Gasteiger partial charge in [-0.15, -0.1) is 0 Å². The quantitative estimate of drug-likeness (QED) is 0.567. The third-order valence-corrected chi connectivity index (χ3v) is 9.22.